The molecule has 0 bridgehead atoms. The number of halogens is 1. The predicted octanol–water partition coefficient (Wildman–Crippen LogP) is 1.68. The zero-order valence-corrected chi connectivity index (χ0v) is 9.68. The Labute approximate surface area is 84.4 Å². The summed E-state index contributed by atoms with van der Waals surface area (Å²) in [6.45, 7) is -4.86. The van der Waals surface area contributed by atoms with Gasteiger partial charge in [-0.3, -0.25) is 4.39 Å². The molecule has 10 heteroatoms. The van der Waals surface area contributed by atoms with Crippen LogP contribution < -0.4 is 0 Å². The van der Waals surface area contributed by atoms with Crippen molar-refractivity contribution >= 4 is 26.0 Å². The molecule has 1 atom stereocenters. The van der Waals surface area contributed by atoms with Gasteiger partial charge in [-0.05, 0) is 24.2 Å². The number of phosphoric acid groups is 1. The molecule has 0 heterocycles. The van der Waals surface area contributed by atoms with Crippen molar-refractivity contribution in [3.8, 4) is 0 Å². The molecule has 0 saturated carbocycles. The Balaban J connectivity index is 3.85. The Hall–Kier alpha value is 0.580. The standard InChI is InChI=1S/C4H11FO6P2S/c5-3-1-2-4-14-13(9,10)11-12(6,7)8/h1-4H2,(H,9,10)(H2,6,7,8). The van der Waals surface area contributed by atoms with Gasteiger partial charge in [-0.2, -0.15) is 4.31 Å². The Kier molecular flexibility index (Phi) is 6.48. The third kappa shape index (κ3) is 9.15. The van der Waals surface area contributed by atoms with Crippen molar-refractivity contribution in [1.29, 1.82) is 0 Å². The highest BCUT2D eigenvalue weighted by molar-refractivity contribution is 8.55. The smallest absolute Gasteiger partial charge is 0.316 e. The molecule has 0 aliphatic rings. The van der Waals surface area contributed by atoms with Crippen molar-refractivity contribution in [3.05, 3.63) is 0 Å². The minimum atomic E-state index is -4.95. The van der Waals surface area contributed by atoms with Crippen molar-refractivity contribution in [2.75, 3.05) is 12.4 Å². The van der Waals surface area contributed by atoms with E-state index in [-0.39, 0.29) is 12.2 Å². The zero-order valence-electron chi connectivity index (χ0n) is 7.08. The second kappa shape index (κ2) is 6.23. The van der Waals surface area contributed by atoms with Gasteiger partial charge in [0.1, 0.15) is 0 Å². The monoisotopic (exact) mass is 268 g/mol. The minimum Gasteiger partial charge on any atom is -0.316 e. The molecule has 14 heavy (non-hydrogen) atoms. The van der Waals surface area contributed by atoms with Crippen LogP contribution in [0, 0.1) is 0 Å². The third-order valence-corrected chi connectivity index (χ3v) is 5.59. The van der Waals surface area contributed by atoms with Gasteiger partial charge in [-0.15, -0.1) is 0 Å². The topological polar surface area (TPSA) is 104 Å². The van der Waals surface area contributed by atoms with E-state index in [1.54, 1.807) is 0 Å². The maximum Gasteiger partial charge on any atom is 0.477 e. The van der Waals surface area contributed by atoms with Gasteiger partial charge in [0, 0.05) is 5.75 Å². The molecule has 0 aromatic carbocycles. The first-order chi connectivity index (χ1) is 6.27. The summed E-state index contributed by atoms with van der Waals surface area (Å²) in [5, 5.41) is 0. The van der Waals surface area contributed by atoms with Crippen molar-refractivity contribution in [1.82, 2.24) is 0 Å². The van der Waals surface area contributed by atoms with Crippen molar-refractivity contribution in [2.24, 2.45) is 0 Å². The summed E-state index contributed by atoms with van der Waals surface area (Å²) >= 11 is 0.376. The maximum atomic E-state index is 11.6. The zero-order chi connectivity index (χ0) is 11.2. The molecule has 0 amide bonds. The molecule has 0 spiro atoms. The molecule has 0 aromatic heterocycles. The van der Waals surface area contributed by atoms with Gasteiger partial charge in [0.25, 0.3) is 0 Å². The van der Waals surface area contributed by atoms with Gasteiger partial charge < -0.3 is 14.7 Å². The molecular formula is C4H11FO6P2S. The molecule has 0 aliphatic carbocycles. The Morgan fingerprint density at radius 3 is 2.21 bits per heavy atom. The second-order valence-electron chi connectivity index (χ2n) is 2.27. The SMILES string of the molecule is O=P(O)(O)OP(=O)(O)SCCCCF. The molecular weight excluding hydrogens is 257 g/mol. The lowest BCUT2D eigenvalue weighted by atomic mass is 10.4. The molecule has 0 aliphatic heterocycles. The average molecular weight is 268 g/mol. The molecule has 1 unspecified atom stereocenters. The normalized spacial score (nSPS) is 16.6. The van der Waals surface area contributed by atoms with Crippen LogP contribution in [-0.4, -0.2) is 27.1 Å². The number of hydrogen-bond acceptors (Lipinski definition) is 4. The Bertz CT molecular complexity index is 254. The van der Waals surface area contributed by atoms with E-state index in [0.29, 0.717) is 17.8 Å². The average Bonchev–Trinajstić information content (AvgIpc) is 1.93. The van der Waals surface area contributed by atoms with Crippen molar-refractivity contribution < 1.29 is 32.5 Å². The summed E-state index contributed by atoms with van der Waals surface area (Å²) in [6.07, 6.45) is 0.582. The van der Waals surface area contributed by atoms with E-state index in [1.807, 2.05) is 0 Å². The van der Waals surface area contributed by atoms with E-state index in [1.165, 1.54) is 0 Å². The molecule has 0 fully saturated rings. The highest BCUT2D eigenvalue weighted by Gasteiger charge is 2.30. The summed E-state index contributed by atoms with van der Waals surface area (Å²) in [6, 6.07) is 0. The quantitative estimate of drug-likeness (QED) is 0.476. The fraction of sp³-hybridized carbons (Fsp3) is 1.00. The predicted molar refractivity (Wildman–Crippen MR) is 50.6 cm³/mol. The van der Waals surface area contributed by atoms with Crippen LogP contribution in [0.15, 0.2) is 0 Å². The first kappa shape index (κ1) is 14.6. The maximum absolute atomic E-state index is 11.6. The number of unbranched alkanes of at least 4 members (excludes halogenated alkanes) is 1. The fourth-order valence-electron chi connectivity index (χ4n) is 0.534. The summed E-state index contributed by atoms with van der Waals surface area (Å²) in [5.74, 6) is 0.109. The first-order valence-corrected chi connectivity index (χ1v) is 8.27. The lowest BCUT2D eigenvalue weighted by Gasteiger charge is -2.10. The third-order valence-electron chi connectivity index (χ3n) is 0.992. The first-order valence-electron chi connectivity index (χ1n) is 3.57. The van der Waals surface area contributed by atoms with Crippen LogP contribution in [0.5, 0.6) is 0 Å². The van der Waals surface area contributed by atoms with Gasteiger partial charge >= 0.3 is 14.6 Å². The van der Waals surface area contributed by atoms with E-state index < -0.39 is 21.3 Å². The van der Waals surface area contributed by atoms with Gasteiger partial charge in [-0.25, -0.2) is 9.13 Å². The molecule has 0 aromatic rings. The molecule has 0 radical (unpaired) electrons. The molecule has 86 valence electrons. The van der Waals surface area contributed by atoms with Crippen LogP contribution in [0.4, 0.5) is 4.39 Å². The number of alkyl halides is 1. The van der Waals surface area contributed by atoms with Crippen molar-refractivity contribution in [3.63, 3.8) is 0 Å². The van der Waals surface area contributed by atoms with Crippen molar-refractivity contribution in [2.45, 2.75) is 12.8 Å². The molecule has 3 N–H and O–H groups in total. The molecule has 6 nitrogen and oxygen atoms in total. The number of hydrogen-bond donors (Lipinski definition) is 3. The summed E-state index contributed by atoms with van der Waals surface area (Å²) in [4.78, 5) is 25.3. The largest absolute Gasteiger partial charge is 0.477 e. The van der Waals surface area contributed by atoms with E-state index in [4.69, 9.17) is 14.7 Å². The van der Waals surface area contributed by atoms with E-state index in [2.05, 4.69) is 4.31 Å². The van der Waals surface area contributed by atoms with E-state index in [9.17, 15) is 13.5 Å². The van der Waals surface area contributed by atoms with Crippen LogP contribution in [-0.2, 0) is 13.4 Å². The van der Waals surface area contributed by atoms with Crippen LogP contribution in [0.25, 0.3) is 0 Å². The van der Waals surface area contributed by atoms with Gasteiger partial charge in [0.2, 0.25) is 0 Å². The summed E-state index contributed by atoms with van der Waals surface area (Å²) in [7, 11) is -4.95. The Morgan fingerprint density at radius 1 is 1.21 bits per heavy atom. The lowest BCUT2D eigenvalue weighted by Crippen LogP contribution is -1.87. The summed E-state index contributed by atoms with van der Waals surface area (Å²) in [5.41, 5.74) is 0. The molecule has 0 rings (SSSR count). The van der Waals surface area contributed by atoms with Crippen LogP contribution in [0.3, 0.4) is 0 Å². The highest BCUT2D eigenvalue weighted by atomic mass is 32.7. The Morgan fingerprint density at radius 2 is 1.79 bits per heavy atom. The summed E-state index contributed by atoms with van der Waals surface area (Å²) < 4.78 is 36.3. The van der Waals surface area contributed by atoms with E-state index >= 15 is 0 Å². The molecule has 0 saturated heterocycles. The minimum absolute atomic E-state index is 0.109. The van der Waals surface area contributed by atoms with Gasteiger partial charge in [0.15, 0.2) is 0 Å². The lowest BCUT2D eigenvalue weighted by molar-refractivity contribution is 0.270. The van der Waals surface area contributed by atoms with Crippen LogP contribution in [0.2, 0.25) is 0 Å². The van der Waals surface area contributed by atoms with Crippen LogP contribution in [0.1, 0.15) is 12.8 Å². The van der Waals surface area contributed by atoms with Crippen LogP contribution >= 0.6 is 26.0 Å². The van der Waals surface area contributed by atoms with Gasteiger partial charge in [-0.1, -0.05) is 0 Å². The van der Waals surface area contributed by atoms with E-state index in [0.717, 1.165) is 0 Å². The highest BCUT2D eigenvalue weighted by Crippen LogP contribution is 2.65. The fourth-order valence-corrected chi connectivity index (χ4v) is 4.65. The second-order valence-corrected chi connectivity index (χ2v) is 7.67. The van der Waals surface area contributed by atoms with Gasteiger partial charge in [0.05, 0.1) is 6.67 Å². The number of rotatable bonds is 7.